The smallest absolute Gasteiger partial charge is 0.228 e. The number of carbonyl (C=O) groups is 1. The molecule has 146 valence electrons. The van der Waals surface area contributed by atoms with Crippen molar-refractivity contribution in [1.29, 1.82) is 0 Å². The monoisotopic (exact) mass is 386 g/mol. The highest BCUT2D eigenvalue weighted by atomic mass is 16.2. The Balaban J connectivity index is 1.51. The van der Waals surface area contributed by atoms with E-state index in [-0.39, 0.29) is 11.3 Å². The third-order valence-electron chi connectivity index (χ3n) is 6.66. The second kappa shape index (κ2) is 5.83. The van der Waals surface area contributed by atoms with Crippen molar-refractivity contribution in [3.8, 4) is 11.1 Å². The van der Waals surface area contributed by atoms with Crippen LogP contribution in [0.1, 0.15) is 12.8 Å². The minimum Gasteiger partial charge on any atom is -0.369 e. The Kier molecular flexibility index (Phi) is 3.33. The van der Waals surface area contributed by atoms with Crippen molar-refractivity contribution in [2.45, 2.75) is 12.8 Å². The fourth-order valence-corrected chi connectivity index (χ4v) is 5.05. The van der Waals surface area contributed by atoms with Crippen molar-refractivity contribution < 1.29 is 4.79 Å². The van der Waals surface area contributed by atoms with Crippen molar-refractivity contribution in [3.63, 3.8) is 0 Å². The van der Waals surface area contributed by atoms with Gasteiger partial charge in [-0.25, -0.2) is 4.98 Å². The Morgan fingerprint density at radius 2 is 2.10 bits per heavy atom. The fraction of sp³-hybridized carbons (Fsp3) is 0.318. The summed E-state index contributed by atoms with van der Waals surface area (Å²) in [6.07, 6.45) is 7.60. The fourth-order valence-electron chi connectivity index (χ4n) is 5.05. The van der Waals surface area contributed by atoms with E-state index >= 15 is 0 Å². The molecule has 5 heterocycles. The zero-order valence-electron chi connectivity index (χ0n) is 16.3. The largest absolute Gasteiger partial charge is 0.369 e. The van der Waals surface area contributed by atoms with Gasteiger partial charge in [0.1, 0.15) is 5.65 Å². The van der Waals surface area contributed by atoms with Crippen LogP contribution in [0.5, 0.6) is 0 Å². The highest BCUT2D eigenvalue weighted by Gasteiger charge is 2.48. The van der Waals surface area contributed by atoms with Crippen molar-refractivity contribution in [2.75, 3.05) is 24.5 Å². The van der Waals surface area contributed by atoms with Gasteiger partial charge in [-0.1, -0.05) is 6.07 Å². The van der Waals surface area contributed by atoms with Gasteiger partial charge in [-0.3, -0.25) is 9.48 Å². The van der Waals surface area contributed by atoms with Gasteiger partial charge in [-0.05, 0) is 36.6 Å². The van der Waals surface area contributed by atoms with Gasteiger partial charge < -0.3 is 15.2 Å². The van der Waals surface area contributed by atoms with Gasteiger partial charge in [0.15, 0.2) is 0 Å². The molecule has 7 nitrogen and oxygen atoms in total. The molecule has 0 aliphatic carbocycles. The summed E-state index contributed by atoms with van der Waals surface area (Å²) in [5, 5.41) is 9.61. The van der Waals surface area contributed by atoms with Gasteiger partial charge in [-0.15, -0.1) is 0 Å². The first kappa shape index (κ1) is 16.6. The minimum absolute atomic E-state index is 0.206. The van der Waals surface area contributed by atoms with Gasteiger partial charge in [0.25, 0.3) is 0 Å². The summed E-state index contributed by atoms with van der Waals surface area (Å²) in [5.41, 5.74) is 5.11. The van der Waals surface area contributed by atoms with E-state index in [4.69, 9.17) is 0 Å². The molecular formula is C22H22N6O. The summed E-state index contributed by atoms with van der Waals surface area (Å²) in [7, 11) is 1.96. The average molecular weight is 386 g/mol. The first-order chi connectivity index (χ1) is 14.1. The van der Waals surface area contributed by atoms with Crippen molar-refractivity contribution in [1.82, 2.24) is 25.1 Å². The zero-order chi connectivity index (χ0) is 19.6. The Labute approximate surface area is 167 Å². The number of anilines is 1. The number of hydrogen-bond donors (Lipinski definition) is 2. The SMILES string of the molecule is Cn1ncc2cc(-c3cnc4[nH]ccc4c3N3CCC4(CCNC4=O)C3)ccc21. The minimum atomic E-state index is -0.253. The molecule has 2 aliphatic rings. The van der Waals surface area contributed by atoms with Crippen LogP contribution in [-0.2, 0) is 11.8 Å². The van der Waals surface area contributed by atoms with Crippen LogP contribution < -0.4 is 10.2 Å². The molecule has 2 fully saturated rings. The summed E-state index contributed by atoms with van der Waals surface area (Å²) in [4.78, 5) is 22.8. The van der Waals surface area contributed by atoms with Crippen LogP contribution in [0.3, 0.4) is 0 Å². The topological polar surface area (TPSA) is 78.8 Å². The van der Waals surface area contributed by atoms with Crippen molar-refractivity contribution >= 4 is 33.5 Å². The molecule has 1 spiro atoms. The van der Waals surface area contributed by atoms with Crippen LogP contribution in [0.4, 0.5) is 5.69 Å². The first-order valence-corrected chi connectivity index (χ1v) is 10.1. The molecular weight excluding hydrogens is 364 g/mol. The predicted octanol–water partition coefficient (Wildman–Crippen LogP) is 2.83. The normalized spacial score (nSPS) is 21.7. The zero-order valence-corrected chi connectivity index (χ0v) is 16.3. The van der Waals surface area contributed by atoms with E-state index in [1.165, 1.54) is 0 Å². The Hall–Kier alpha value is -3.35. The van der Waals surface area contributed by atoms with E-state index in [2.05, 4.69) is 49.5 Å². The summed E-state index contributed by atoms with van der Waals surface area (Å²) in [5.74, 6) is 0.206. The number of benzene rings is 1. The summed E-state index contributed by atoms with van der Waals surface area (Å²) in [6.45, 7) is 2.41. The predicted molar refractivity (Wildman–Crippen MR) is 113 cm³/mol. The Bertz CT molecular complexity index is 1270. The second-order valence-corrected chi connectivity index (χ2v) is 8.26. The molecule has 4 aromatic rings. The summed E-state index contributed by atoms with van der Waals surface area (Å²) >= 11 is 0. The van der Waals surface area contributed by atoms with Gasteiger partial charge in [0, 0.05) is 55.4 Å². The maximum Gasteiger partial charge on any atom is 0.228 e. The quantitative estimate of drug-likeness (QED) is 0.555. The molecule has 0 saturated carbocycles. The molecule has 2 aliphatic heterocycles. The Morgan fingerprint density at radius 3 is 2.97 bits per heavy atom. The lowest BCUT2D eigenvalue weighted by Crippen LogP contribution is -2.34. The average Bonchev–Trinajstić information content (AvgIpc) is 3.51. The number of pyridine rings is 1. The molecule has 2 N–H and O–H groups in total. The number of nitrogens with one attached hydrogen (secondary N) is 2. The number of amides is 1. The molecule has 1 amide bonds. The van der Waals surface area contributed by atoms with E-state index in [1.54, 1.807) is 0 Å². The number of aromatic amines is 1. The lowest BCUT2D eigenvalue weighted by molar-refractivity contribution is -0.126. The molecule has 1 unspecified atom stereocenters. The van der Waals surface area contributed by atoms with Crippen molar-refractivity contribution in [2.24, 2.45) is 12.5 Å². The second-order valence-electron chi connectivity index (χ2n) is 8.26. The molecule has 0 bridgehead atoms. The summed E-state index contributed by atoms with van der Waals surface area (Å²) < 4.78 is 1.89. The third kappa shape index (κ3) is 2.33. The molecule has 1 aromatic carbocycles. The van der Waals surface area contributed by atoms with Crippen LogP contribution in [0.25, 0.3) is 33.1 Å². The van der Waals surface area contributed by atoms with Gasteiger partial charge in [-0.2, -0.15) is 5.10 Å². The lowest BCUT2D eigenvalue weighted by Gasteiger charge is -2.25. The Morgan fingerprint density at radius 1 is 1.17 bits per heavy atom. The maximum absolute atomic E-state index is 12.5. The number of nitrogens with zero attached hydrogens (tertiary/aromatic N) is 4. The van der Waals surface area contributed by atoms with Crippen molar-refractivity contribution in [3.05, 3.63) is 42.9 Å². The lowest BCUT2D eigenvalue weighted by atomic mass is 9.86. The van der Waals surface area contributed by atoms with E-state index in [0.29, 0.717) is 0 Å². The van der Waals surface area contributed by atoms with E-state index in [0.717, 1.165) is 71.2 Å². The molecule has 0 radical (unpaired) electrons. The van der Waals surface area contributed by atoms with Crippen LogP contribution in [0.2, 0.25) is 0 Å². The first-order valence-electron chi connectivity index (χ1n) is 10.1. The maximum atomic E-state index is 12.5. The number of carbonyl (C=O) groups excluding carboxylic acids is 1. The standard InChI is InChI=1S/C22H22N6O/c1-27-18-3-2-14(10-15(18)11-26-27)17-12-25-20-16(4-7-23-20)19(17)28-9-6-22(13-28)5-8-24-21(22)29/h2-4,7,10-12H,5-6,8-9,13H2,1H3,(H,23,25)(H,24,29). The molecule has 29 heavy (non-hydrogen) atoms. The van der Waals surface area contributed by atoms with E-state index < -0.39 is 0 Å². The van der Waals surface area contributed by atoms with Crippen LogP contribution in [0, 0.1) is 5.41 Å². The van der Waals surface area contributed by atoms with E-state index in [1.807, 2.05) is 30.3 Å². The molecule has 3 aromatic heterocycles. The van der Waals surface area contributed by atoms with Gasteiger partial charge in [0.2, 0.25) is 5.91 Å². The molecule has 2 saturated heterocycles. The molecule has 1 atom stereocenters. The van der Waals surface area contributed by atoms with E-state index in [9.17, 15) is 4.79 Å². The van der Waals surface area contributed by atoms with Crippen LogP contribution in [0.15, 0.2) is 42.9 Å². The number of hydrogen-bond acceptors (Lipinski definition) is 4. The highest BCUT2D eigenvalue weighted by Crippen LogP contribution is 2.44. The number of rotatable bonds is 2. The molecule has 7 heteroatoms. The van der Waals surface area contributed by atoms with Crippen LogP contribution >= 0.6 is 0 Å². The molecule has 6 rings (SSSR count). The van der Waals surface area contributed by atoms with Gasteiger partial charge >= 0.3 is 0 Å². The van der Waals surface area contributed by atoms with Gasteiger partial charge in [0.05, 0.1) is 22.8 Å². The summed E-state index contributed by atoms with van der Waals surface area (Å²) in [6, 6.07) is 8.51. The number of H-pyrrole nitrogens is 1. The number of aromatic nitrogens is 4. The number of fused-ring (bicyclic) bond motifs is 2. The highest BCUT2D eigenvalue weighted by molar-refractivity contribution is 6.00. The third-order valence-corrected chi connectivity index (χ3v) is 6.66. The van der Waals surface area contributed by atoms with Crippen LogP contribution in [-0.4, -0.2) is 45.3 Å². The number of aryl methyl sites for hydroxylation is 1.